The van der Waals surface area contributed by atoms with E-state index in [2.05, 4.69) is 38.1 Å². The second-order valence-corrected chi connectivity index (χ2v) is 7.85. The fourth-order valence-corrected chi connectivity index (χ4v) is 4.03. The van der Waals surface area contributed by atoms with Crippen molar-refractivity contribution in [2.24, 2.45) is 0 Å². The number of carbonyl (C=O) groups excluding carboxylic acids is 1. The predicted molar refractivity (Wildman–Crippen MR) is 112 cm³/mol. The molecule has 2 aromatic rings. The van der Waals surface area contributed by atoms with Gasteiger partial charge in [0.05, 0.1) is 5.56 Å². The minimum absolute atomic E-state index is 0.125. The molecule has 0 aromatic heterocycles. The largest absolute Gasteiger partial charge is 0.399 e. The molecule has 26 heavy (non-hydrogen) atoms. The second-order valence-electron chi connectivity index (χ2n) is 6.94. The zero-order valence-corrected chi connectivity index (χ0v) is 17.1. The summed E-state index contributed by atoms with van der Waals surface area (Å²) in [5, 5.41) is 3.09. The van der Waals surface area contributed by atoms with E-state index in [4.69, 9.17) is 5.73 Å². The summed E-state index contributed by atoms with van der Waals surface area (Å²) >= 11 is 3.50. The van der Waals surface area contributed by atoms with E-state index in [9.17, 15) is 4.79 Å². The zero-order chi connectivity index (χ0) is 18.8. The first-order valence-electron chi connectivity index (χ1n) is 8.76. The summed E-state index contributed by atoms with van der Waals surface area (Å²) in [6, 6.07) is 9.59. The summed E-state index contributed by atoms with van der Waals surface area (Å²) in [5.41, 5.74) is 11.0. The highest BCUT2D eigenvalue weighted by Gasteiger charge is 2.21. The standard InChI is InChI=1S/C20H25BrN4O/c1-13-10-15(21)11-14(2)19(13)23-20(26)17-12-16(22)4-5-18(17)25-8-6-24(3)7-9-25/h4-5,10-12H,6-9,22H2,1-3H3,(H,23,26). The molecule has 0 saturated carbocycles. The highest BCUT2D eigenvalue weighted by molar-refractivity contribution is 9.10. The lowest BCUT2D eigenvalue weighted by Crippen LogP contribution is -2.45. The second kappa shape index (κ2) is 7.68. The van der Waals surface area contributed by atoms with E-state index in [0.717, 1.165) is 53.2 Å². The Labute approximate surface area is 163 Å². The average molecular weight is 417 g/mol. The summed E-state index contributed by atoms with van der Waals surface area (Å²) in [4.78, 5) is 17.6. The molecule has 1 aliphatic heterocycles. The smallest absolute Gasteiger partial charge is 0.257 e. The molecule has 5 nitrogen and oxygen atoms in total. The number of aryl methyl sites for hydroxylation is 2. The van der Waals surface area contributed by atoms with Gasteiger partial charge in [0.25, 0.3) is 5.91 Å². The molecular formula is C20H25BrN4O. The molecule has 1 fully saturated rings. The number of anilines is 3. The van der Waals surface area contributed by atoms with Crippen LogP contribution >= 0.6 is 15.9 Å². The number of hydrogen-bond donors (Lipinski definition) is 2. The first-order valence-corrected chi connectivity index (χ1v) is 9.55. The van der Waals surface area contributed by atoms with Crippen LogP contribution in [0, 0.1) is 13.8 Å². The summed E-state index contributed by atoms with van der Waals surface area (Å²) in [5.74, 6) is -0.125. The number of halogens is 1. The Balaban J connectivity index is 1.91. The van der Waals surface area contributed by atoms with Crippen molar-refractivity contribution in [3.8, 4) is 0 Å². The van der Waals surface area contributed by atoms with Crippen molar-refractivity contribution < 1.29 is 4.79 Å². The molecule has 0 unspecified atom stereocenters. The highest BCUT2D eigenvalue weighted by atomic mass is 79.9. The van der Waals surface area contributed by atoms with Crippen LogP contribution in [0.2, 0.25) is 0 Å². The van der Waals surface area contributed by atoms with E-state index in [1.807, 2.05) is 38.1 Å². The molecule has 2 aromatic carbocycles. The van der Waals surface area contributed by atoms with E-state index in [1.165, 1.54) is 0 Å². The summed E-state index contributed by atoms with van der Waals surface area (Å²) < 4.78 is 1.01. The third-order valence-corrected chi connectivity index (χ3v) is 5.30. The minimum Gasteiger partial charge on any atom is -0.399 e. The van der Waals surface area contributed by atoms with Crippen molar-refractivity contribution in [1.29, 1.82) is 0 Å². The summed E-state index contributed by atoms with van der Waals surface area (Å²) in [7, 11) is 2.12. The summed E-state index contributed by atoms with van der Waals surface area (Å²) in [6.07, 6.45) is 0. The third-order valence-electron chi connectivity index (χ3n) is 4.85. The van der Waals surface area contributed by atoms with Crippen molar-refractivity contribution >= 4 is 38.9 Å². The Bertz CT molecular complexity index is 806. The number of piperazine rings is 1. The van der Waals surface area contributed by atoms with E-state index in [-0.39, 0.29) is 5.91 Å². The molecule has 1 heterocycles. The maximum atomic E-state index is 13.1. The maximum absolute atomic E-state index is 13.1. The molecule has 0 radical (unpaired) electrons. The SMILES string of the molecule is Cc1cc(Br)cc(C)c1NC(=O)c1cc(N)ccc1N1CCN(C)CC1. The number of hydrogen-bond acceptors (Lipinski definition) is 4. The molecule has 6 heteroatoms. The lowest BCUT2D eigenvalue weighted by atomic mass is 10.1. The molecular weight excluding hydrogens is 392 g/mol. The molecule has 0 atom stereocenters. The molecule has 0 spiro atoms. The molecule has 3 rings (SSSR count). The predicted octanol–water partition coefficient (Wildman–Crippen LogP) is 3.65. The van der Waals surface area contributed by atoms with Crippen LogP contribution in [0.15, 0.2) is 34.8 Å². The average Bonchev–Trinajstić information content (AvgIpc) is 2.58. The molecule has 3 N–H and O–H groups in total. The number of likely N-dealkylation sites (N-methyl/N-ethyl adjacent to an activating group) is 1. The number of rotatable bonds is 3. The van der Waals surface area contributed by atoms with Crippen LogP contribution < -0.4 is 16.0 Å². The van der Waals surface area contributed by atoms with Crippen molar-refractivity contribution in [3.05, 3.63) is 51.5 Å². The van der Waals surface area contributed by atoms with E-state index in [0.29, 0.717) is 11.3 Å². The molecule has 1 aliphatic rings. The minimum atomic E-state index is -0.125. The number of nitrogens with two attached hydrogens (primary N) is 1. The van der Waals surface area contributed by atoms with Gasteiger partial charge < -0.3 is 20.9 Å². The Morgan fingerprint density at radius 1 is 1.08 bits per heavy atom. The number of amides is 1. The Morgan fingerprint density at radius 2 is 1.69 bits per heavy atom. The number of nitrogen functional groups attached to an aromatic ring is 1. The monoisotopic (exact) mass is 416 g/mol. The van der Waals surface area contributed by atoms with Crippen LogP contribution in [-0.2, 0) is 0 Å². The van der Waals surface area contributed by atoms with E-state index >= 15 is 0 Å². The third kappa shape index (κ3) is 4.02. The fourth-order valence-electron chi connectivity index (χ4n) is 3.35. The van der Waals surface area contributed by atoms with Crippen molar-refractivity contribution in [3.63, 3.8) is 0 Å². The Kier molecular flexibility index (Phi) is 5.53. The van der Waals surface area contributed by atoms with Crippen LogP contribution in [0.25, 0.3) is 0 Å². The van der Waals surface area contributed by atoms with Crippen LogP contribution in [-0.4, -0.2) is 44.0 Å². The quantitative estimate of drug-likeness (QED) is 0.749. The topological polar surface area (TPSA) is 61.6 Å². The first-order chi connectivity index (χ1) is 12.3. The zero-order valence-electron chi connectivity index (χ0n) is 15.5. The Hall–Kier alpha value is -2.05. The van der Waals surface area contributed by atoms with Crippen molar-refractivity contribution in [2.75, 3.05) is 49.2 Å². The highest BCUT2D eigenvalue weighted by Crippen LogP contribution is 2.29. The number of carbonyl (C=O) groups is 1. The van der Waals surface area contributed by atoms with Crippen LogP contribution in [0.4, 0.5) is 17.1 Å². The number of nitrogens with one attached hydrogen (secondary N) is 1. The van der Waals surface area contributed by atoms with Gasteiger partial charge in [-0.1, -0.05) is 15.9 Å². The molecule has 0 bridgehead atoms. The van der Waals surface area contributed by atoms with Crippen LogP contribution in [0.1, 0.15) is 21.5 Å². The Morgan fingerprint density at radius 3 is 2.31 bits per heavy atom. The van der Waals surface area contributed by atoms with Crippen molar-refractivity contribution in [1.82, 2.24) is 4.90 Å². The van der Waals surface area contributed by atoms with Gasteiger partial charge in [-0.25, -0.2) is 0 Å². The molecule has 138 valence electrons. The normalized spacial score (nSPS) is 15.2. The van der Waals surface area contributed by atoms with E-state index in [1.54, 1.807) is 6.07 Å². The number of nitrogens with zero attached hydrogens (tertiary/aromatic N) is 2. The van der Waals surface area contributed by atoms with Gasteiger partial charge >= 0.3 is 0 Å². The van der Waals surface area contributed by atoms with Gasteiger partial charge in [-0.3, -0.25) is 4.79 Å². The molecule has 0 aliphatic carbocycles. The van der Waals surface area contributed by atoms with Crippen molar-refractivity contribution in [2.45, 2.75) is 13.8 Å². The number of benzene rings is 2. The molecule has 1 saturated heterocycles. The molecule has 1 amide bonds. The van der Waals surface area contributed by atoms with Crippen LogP contribution in [0.5, 0.6) is 0 Å². The van der Waals surface area contributed by atoms with Gasteiger partial charge in [-0.05, 0) is 62.4 Å². The van der Waals surface area contributed by atoms with Gasteiger partial charge in [0.15, 0.2) is 0 Å². The lowest BCUT2D eigenvalue weighted by Gasteiger charge is -2.35. The van der Waals surface area contributed by atoms with E-state index < -0.39 is 0 Å². The van der Waals surface area contributed by atoms with Gasteiger partial charge in [0.2, 0.25) is 0 Å². The van der Waals surface area contributed by atoms with Gasteiger partial charge in [-0.15, -0.1) is 0 Å². The van der Waals surface area contributed by atoms with Gasteiger partial charge in [0.1, 0.15) is 0 Å². The maximum Gasteiger partial charge on any atom is 0.257 e. The first kappa shape index (κ1) is 18.7. The van der Waals surface area contributed by atoms with Crippen LogP contribution in [0.3, 0.4) is 0 Å². The lowest BCUT2D eigenvalue weighted by molar-refractivity contribution is 0.102. The van der Waals surface area contributed by atoms with Gasteiger partial charge in [-0.2, -0.15) is 0 Å². The van der Waals surface area contributed by atoms with Gasteiger partial charge in [0, 0.05) is 47.7 Å². The summed E-state index contributed by atoms with van der Waals surface area (Å²) in [6.45, 7) is 7.75. The fraction of sp³-hybridized carbons (Fsp3) is 0.350.